The summed E-state index contributed by atoms with van der Waals surface area (Å²) in [5.74, 6) is -6.12. The van der Waals surface area contributed by atoms with Crippen LogP contribution in [0.4, 0.5) is 54.5 Å². The molecule has 2 N–H and O–H groups in total. The molecule has 0 spiro atoms. The third kappa shape index (κ3) is 10.8. The van der Waals surface area contributed by atoms with E-state index in [9.17, 15) is 66.7 Å². The number of nitrogens with zero attached hydrogens (tertiary/aromatic N) is 6. The van der Waals surface area contributed by atoms with Gasteiger partial charge in [0.1, 0.15) is 40.9 Å². The molecule has 0 aliphatic heterocycles. The highest BCUT2D eigenvalue weighted by Crippen LogP contribution is 2.68. The van der Waals surface area contributed by atoms with Gasteiger partial charge in [-0.3, -0.25) is 14.2 Å². The lowest BCUT2D eigenvalue weighted by molar-refractivity contribution is -0.143. The molecule has 0 saturated heterocycles. The number of anilines is 1. The zero-order chi connectivity index (χ0) is 52.6. The van der Waals surface area contributed by atoms with Crippen molar-refractivity contribution < 1.29 is 80.2 Å². The Morgan fingerprint density at radius 2 is 1.63 bits per heavy atom. The average Bonchev–Trinajstić information content (AvgIpc) is 3.74. The number of aromatic nitrogens is 5. The molecule has 71 heavy (non-hydrogen) atoms. The van der Waals surface area contributed by atoms with E-state index in [4.69, 9.17) is 16.3 Å². The van der Waals surface area contributed by atoms with Gasteiger partial charge in [0.15, 0.2) is 21.3 Å². The minimum atomic E-state index is -5.23. The summed E-state index contributed by atoms with van der Waals surface area (Å²) in [6, 6.07) is 4.68. The molecule has 2 amide bonds. The summed E-state index contributed by atoms with van der Waals surface area (Å²) in [7, 11) is -8.75. The van der Waals surface area contributed by atoms with E-state index in [1.165, 1.54) is 13.8 Å². The Balaban J connectivity index is 1.48. The Morgan fingerprint density at radius 1 is 0.986 bits per heavy atom. The number of halogens is 11. The fourth-order valence-corrected chi connectivity index (χ4v) is 9.30. The number of hydrogen-bond donors (Lipinski definition) is 2. The van der Waals surface area contributed by atoms with Gasteiger partial charge >= 0.3 is 18.4 Å². The molecule has 7 rings (SSSR count). The molecule has 3 heterocycles. The number of fused-ring (bicyclic) bond motifs is 4. The van der Waals surface area contributed by atoms with Crippen molar-refractivity contribution in [1.82, 2.24) is 29.9 Å². The number of carbonyl (C=O) groups is 2. The van der Waals surface area contributed by atoms with Crippen molar-refractivity contribution in [3.63, 3.8) is 0 Å². The van der Waals surface area contributed by atoms with Crippen molar-refractivity contribution in [3.8, 4) is 23.0 Å². The first-order valence-corrected chi connectivity index (χ1v) is 24.9. The Labute approximate surface area is 402 Å². The van der Waals surface area contributed by atoms with Crippen LogP contribution in [-0.2, 0) is 61.0 Å². The summed E-state index contributed by atoms with van der Waals surface area (Å²) in [5, 5.41) is 17.7. The van der Waals surface area contributed by atoms with Crippen molar-refractivity contribution in [1.29, 1.82) is 0 Å². The lowest BCUT2D eigenvalue weighted by Gasteiger charge is -2.23. The van der Waals surface area contributed by atoms with Crippen molar-refractivity contribution in [2.24, 2.45) is 5.92 Å². The Bertz CT molecular complexity index is 3260. The summed E-state index contributed by atoms with van der Waals surface area (Å²) in [5.41, 5.74) is -5.98. The van der Waals surface area contributed by atoms with Gasteiger partial charge in [0.2, 0.25) is 15.9 Å². The van der Waals surface area contributed by atoms with Crippen LogP contribution in [0.2, 0.25) is 5.02 Å². The third-order valence-electron chi connectivity index (χ3n) is 11.5. The van der Waals surface area contributed by atoms with E-state index in [0.29, 0.717) is 12.3 Å². The molecule has 1 saturated carbocycles. The standard InChI is InChI=1S/C43H38ClF10N7O8S2/c1-40(2,70(3,65)66)11-10-24-6-7-25(26-8-9-29(44)33-35(26)60(20-41(47,48)49)58-38(33)61(71(4,67)68)39(64)69-13-5-12-62)34(55-24)30(16-21-14-22(45)17-23(46)15-21)56-31(63)19-59-37-32(36(57-59)43(52,53)54)27-18-28(27)42(37,50)51/h6-9,14-15,17,27-28,30,62H,5,12-13,16,18-20H2,1-4H3,(H,56,63)/t27-,28+,30-/m0/s1. The molecule has 15 nitrogen and oxygen atoms in total. The van der Waals surface area contributed by atoms with Crippen molar-refractivity contribution in [3.05, 3.63) is 93.0 Å². The van der Waals surface area contributed by atoms with Crippen LogP contribution >= 0.6 is 11.6 Å². The van der Waals surface area contributed by atoms with Crippen LogP contribution in [0.5, 0.6) is 0 Å². The molecule has 0 unspecified atom stereocenters. The van der Waals surface area contributed by atoms with E-state index in [2.05, 4.69) is 32.3 Å². The van der Waals surface area contributed by atoms with Crippen molar-refractivity contribution >= 4 is 60.2 Å². The predicted octanol–water partition coefficient (Wildman–Crippen LogP) is 7.58. The van der Waals surface area contributed by atoms with Crippen LogP contribution in [0, 0.1) is 29.4 Å². The maximum atomic E-state index is 15.6. The number of nitrogens with one attached hydrogen (secondary N) is 1. The van der Waals surface area contributed by atoms with Crippen LogP contribution in [0.3, 0.4) is 0 Å². The van der Waals surface area contributed by atoms with Crippen LogP contribution in [0.15, 0.2) is 42.5 Å². The number of aliphatic hydroxyl groups is 1. The van der Waals surface area contributed by atoms with E-state index in [-0.39, 0.29) is 48.9 Å². The van der Waals surface area contributed by atoms with E-state index < -0.39 is 162 Å². The highest BCUT2D eigenvalue weighted by molar-refractivity contribution is 7.93. The quantitative estimate of drug-likeness (QED) is 0.0632. The molecule has 3 atom stereocenters. The minimum Gasteiger partial charge on any atom is -0.448 e. The minimum absolute atomic E-state index is 0.0820. The van der Waals surface area contributed by atoms with Crippen LogP contribution < -0.4 is 9.62 Å². The first-order chi connectivity index (χ1) is 32.7. The molecule has 5 aromatic rings. The Morgan fingerprint density at radius 3 is 2.23 bits per heavy atom. The van der Waals surface area contributed by atoms with Gasteiger partial charge in [-0.15, -0.1) is 0 Å². The fourth-order valence-electron chi connectivity index (χ4n) is 8.06. The topological polar surface area (TPSA) is 196 Å². The van der Waals surface area contributed by atoms with E-state index >= 15 is 8.78 Å². The van der Waals surface area contributed by atoms with Crippen LogP contribution in [0.25, 0.3) is 22.0 Å². The second-order valence-corrected chi connectivity index (χ2v) is 22.0. The summed E-state index contributed by atoms with van der Waals surface area (Å²) < 4.78 is 202. The largest absolute Gasteiger partial charge is 0.448 e. The second-order valence-electron chi connectivity index (χ2n) is 17.2. The summed E-state index contributed by atoms with van der Waals surface area (Å²) in [6.07, 6.45) is -11.9. The van der Waals surface area contributed by atoms with Gasteiger partial charge in [-0.25, -0.2) is 35.4 Å². The molecule has 0 radical (unpaired) electrons. The van der Waals surface area contributed by atoms with Gasteiger partial charge in [-0.1, -0.05) is 23.6 Å². The SMILES string of the molecule is CC(C)(C#Cc1ccc(-c2ccc(Cl)c3c(N(C(=O)OCCCO)S(C)(=O)=O)nn(CC(F)(F)F)c23)c([C@H](Cc2cc(F)cc(F)c2)NC(=O)Cn2nc(C(F)(F)F)c3c2C(F)(F)[C@@H]2C[C@H]32)n1)S(C)(=O)=O. The normalized spacial score (nSPS) is 17.0. The highest BCUT2D eigenvalue weighted by Gasteiger charge is 2.68. The van der Waals surface area contributed by atoms with Gasteiger partial charge in [0.05, 0.1) is 40.5 Å². The summed E-state index contributed by atoms with van der Waals surface area (Å²) >= 11 is 6.58. The number of rotatable bonds is 14. The molecule has 3 aromatic heterocycles. The third-order valence-corrected chi connectivity index (χ3v) is 14.8. The number of pyridine rings is 1. The fraction of sp³-hybridized carbons (Fsp3) is 0.419. The molecular weight excluding hydrogens is 1030 g/mol. The smallest absolute Gasteiger partial charge is 0.435 e. The molecule has 28 heteroatoms. The maximum absolute atomic E-state index is 15.6. The number of aliphatic hydroxyl groups excluding tert-OH is 1. The predicted molar refractivity (Wildman–Crippen MR) is 233 cm³/mol. The number of benzene rings is 2. The Hall–Kier alpha value is -5.98. The zero-order valence-corrected chi connectivity index (χ0v) is 39.6. The molecule has 382 valence electrons. The lowest BCUT2D eigenvalue weighted by atomic mass is 9.93. The summed E-state index contributed by atoms with van der Waals surface area (Å²) in [4.78, 5) is 32.0. The van der Waals surface area contributed by atoms with E-state index in [1.54, 1.807) is 0 Å². The van der Waals surface area contributed by atoms with E-state index in [1.807, 2.05) is 0 Å². The van der Waals surface area contributed by atoms with Crippen LogP contribution in [0.1, 0.15) is 72.6 Å². The van der Waals surface area contributed by atoms with Crippen molar-refractivity contribution in [2.75, 3.05) is 30.0 Å². The highest BCUT2D eigenvalue weighted by atomic mass is 35.5. The Kier molecular flexibility index (Phi) is 13.8. The monoisotopic (exact) mass is 1070 g/mol. The number of carbonyl (C=O) groups excluding carboxylic acids is 2. The van der Waals surface area contributed by atoms with E-state index in [0.717, 1.165) is 42.7 Å². The first kappa shape index (κ1) is 52.8. The van der Waals surface area contributed by atoms with Gasteiger partial charge in [-0.2, -0.15) is 49.6 Å². The first-order valence-electron chi connectivity index (χ1n) is 20.8. The maximum Gasteiger partial charge on any atom is 0.435 e. The molecule has 0 bridgehead atoms. The number of hydrogen-bond acceptors (Lipinski definition) is 11. The van der Waals surface area contributed by atoms with Gasteiger partial charge in [-0.05, 0) is 74.4 Å². The number of sulfonamides is 1. The average molecular weight is 1070 g/mol. The molecule has 1 fully saturated rings. The van der Waals surface area contributed by atoms with Crippen molar-refractivity contribution in [2.45, 2.75) is 81.2 Å². The molecule has 2 aliphatic rings. The molecule has 2 aliphatic carbocycles. The zero-order valence-electron chi connectivity index (χ0n) is 37.2. The summed E-state index contributed by atoms with van der Waals surface area (Å²) in [6.45, 7) is -1.92. The molecular formula is C43H38ClF10N7O8S2. The lowest BCUT2D eigenvalue weighted by Crippen LogP contribution is -2.37. The van der Waals surface area contributed by atoms with Crippen LogP contribution in [-0.4, -0.2) is 95.1 Å². The number of alkyl halides is 8. The number of sulfone groups is 1. The van der Waals surface area contributed by atoms with Gasteiger partial charge < -0.3 is 15.2 Å². The molecule has 2 aromatic carbocycles. The van der Waals surface area contributed by atoms with Gasteiger partial charge in [0, 0.05) is 48.0 Å². The van der Waals surface area contributed by atoms with Gasteiger partial charge in [0.25, 0.3) is 5.92 Å². The second kappa shape index (κ2) is 18.6. The number of amides is 2. The number of ether oxygens (including phenoxy) is 1.